The predicted molar refractivity (Wildman–Crippen MR) is 83.7 cm³/mol. The van der Waals surface area contributed by atoms with Crippen molar-refractivity contribution in [3.8, 4) is 11.5 Å². The van der Waals surface area contributed by atoms with E-state index in [1.807, 2.05) is 30.5 Å². The van der Waals surface area contributed by atoms with Crippen LogP contribution in [0.15, 0.2) is 41.4 Å². The van der Waals surface area contributed by atoms with Crippen molar-refractivity contribution in [1.29, 1.82) is 0 Å². The van der Waals surface area contributed by atoms with Crippen LogP contribution >= 0.6 is 11.8 Å². The maximum Gasteiger partial charge on any atom is 0.162 e. The van der Waals surface area contributed by atoms with Crippen molar-refractivity contribution in [1.82, 2.24) is 4.98 Å². The third kappa shape index (κ3) is 3.59. The second-order valence-electron chi connectivity index (χ2n) is 4.64. The van der Waals surface area contributed by atoms with Gasteiger partial charge in [-0.05, 0) is 29.8 Å². The lowest BCUT2D eigenvalue weighted by atomic mass is 10.3. The summed E-state index contributed by atoms with van der Waals surface area (Å²) in [5.41, 5.74) is 3.66. The van der Waals surface area contributed by atoms with Crippen LogP contribution in [0.3, 0.4) is 0 Å². The molecule has 0 spiro atoms. The van der Waals surface area contributed by atoms with E-state index >= 15 is 0 Å². The molecule has 3 rings (SSSR count). The Morgan fingerprint density at radius 3 is 2.76 bits per heavy atom. The zero-order chi connectivity index (χ0) is 14.5. The molecule has 0 saturated carbocycles. The number of rotatable bonds is 4. The van der Waals surface area contributed by atoms with Gasteiger partial charge in [0, 0.05) is 23.3 Å². The average Bonchev–Trinajstić information content (AvgIpc) is 2.78. The van der Waals surface area contributed by atoms with Gasteiger partial charge in [0.25, 0.3) is 0 Å². The van der Waals surface area contributed by atoms with Crippen LogP contribution in [0.1, 0.15) is 12.0 Å². The Balaban J connectivity index is 1.66. The summed E-state index contributed by atoms with van der Waals surface area (Å²) in [4.78, 5) is 5.35. The average molecular weight is 303 g/mol. The number of nitrogens with zero attached hydrogens (tertiary/aromatic N) is 1. The van der Waals surface area contributed by atoms with Crippen LogP contribution in [0.2, 0.25) is 0 Å². The van der Waals surface area contributed by atoms with E-state index in [-0.39, 0.29) is 0 Å². The molecule has 0 bridgehead atoms. The van der Waals surface area contributed by atoms with Gasteiger partial charge in [0.05, 0.1) is 13.2 Å². The second kappa shape index (κ2) is 6.69. The lowest BCUT2D eigenvalue weighted by Gasteiger charge is -2.09. The van der Waals surface area contributed by atoms with E-state index in [0.29, 0.717) is 19.0 Å². The highest BCUT2D eigenvalue weighted by molar-refractivity contribution is 7.98. The van der Waals surface area contributed by atoms with E-state index < -0.39 is 0 Å². The number of nitrogens with one attached hydrogen (secondary N) is 1. The first-order chi connectivity index (χ1) is 10.3. The number of aromatic nitrogens is 1. The number of fused-ring (bicyclic) bond motifs is 1. The summed E-state index contributed by atoms with van der Waals surface area (Å²) in [5, 5.41) is 0. The number of benzene rings is 1. The third-order valence-corrected chi connectivity index (χ3v) is 4.16. The molecule has 0 radical (unpaired) electrons. The fourth-order valence-electron chi connectivity index (χ4n) is 2.00. The zero-order valence-corrected chi connectivity index (χ0v) is 12.4. The van der Waals surface area contributed by atoms with E-state index in [0.717, 1.165) is 34.1 Å². The number of hydrazine groups is 1. The fraction of sp³-hybridized carbons (Fsp3) is 0.267. The first-order valence-corrected chi connectivity index (χ1v) is 7.78. The maximum atomic E-state index is 5.70. The molecule has 1 aromatic heterocycles. The van der Waals surface area contributed by atoms with Crippen molar-refractivity contribution in [2.45, 2.75) is 17.1 Å². The summed E-state index contributed by atoms with van der Waals surface area (Å²) in [6.07, 6.45) is 2.75. The van der Waals surface area contributed by atoms with Gasteiger partial charge in [0.1, 0.15) is 5.82 Å². The van der Waals surface area contributed by atoms with Crippen LogP contribution in [0, 0.1) is 0 Å². The molecule has 0 atom stereocenters. The Morgan fingerprint density at radius 2 is 2.00 bits per heavy atom. The number of nitrogen functional groups attached to an aromatic ring is 1. The van der Waals surface area contributed by atoms with Crippen molar-refractivity contribution < 1.29 is 9.47 Å². The van der Waals surface area contributed by atoms with Gasteiger partial charge in [-0.2, -0.15) is 0 Å². The predicted octanol–water partition coefficient (Wildman–Crippen LogP) is 2.82. The molecule has 6 heteroatoms. The smallest absolute Gasteiger partial charge is 0.162 e. The number of hydrogen-bond acceptors (Lipinski definition) is 6. The summed E-state index contributed by atoms with van der Waals surface area (Å²) >= 11 is 1.74. The lowest BCUT2D eigenvalue weighted by Crippen LogP contribution is -2.08. The molecular weight excluding hydrogens is 286 g/mol. The highest BCUT2D eigenvalue weighted by Gasteiger charge is 2.10. The molecule has 5 nitrogen and oxygen atoms in total. The lowest BCUT2D eigenvalue weighted by molar-refractivity contribution is 0.297. The summed E-state index contributed by atoms with van der Waals surface area (Å²) < 4.78 is 11.3. The minimum Gasteiger partial charge on any atom is -0.490 e. The molecule has 0 amide bonds. The van der Waals surface area contributed by atoms with Crippen LogP contribution in [-0.2, 0) is 5.75 Å². The van der Waals surface area contributed by atoms with Gasteiger partial charge in [-0.1, -0.05) is 6.07 Å². The zero-order valence-electron chi connectivity index (χ0n) is 11.5. The normalized spacial score (nSPS) is 13.6. The SMILES string of the molecule is NNc1ccc(CSc2ccc3c(c2)OCCCO3)cn1. The summed E-state index contributed by atoms with van der Waals surface area (Å²) in [5.74, 6) is 8.47. The molecule has 110 valence electrons. The minimum absolute atomic E-state index is 0.666. The molecule has 0 fully saturated rings. The largest absolute Gasteiger partial charge is 0.490 e. The van der Waals surface area contributed by atoms with Gasteiger partial charge in [-0.25, -0.2) is 10.8 Å². The van der Waals surface area contributed by atoms with E-state index in [1.54, 1.807) is 11.8 Å². The number of nitrogens with two attached hydrogens (primary N) is 1. The van der Waals surface area contributed by atoms with Gasteiger partial charge in [0.15, 0.2) is 11.5 Å². The maximum absolute atomic E-state index is 5.70. The van der Waals surface area contributed by atoms with Crippen molar-refractivity contribution >= 4 is 17.6 Å². The fourth-order valence-corrected chi connectivity index (χ4v) is 2.85. The van der Waals surface area contributed by atoms with Crippen LogP contribution in [-0.4, -0.2) is 18.2 Å². The summed E-state index contributed by atoms with van der Waals surface area (Å²) in [6.45, 7) is 1.42. The Kier molecular flexibility index (Phi) is 4.47. The van der Waals surface area contributed by atoms with Gasteiger partial charge in [0.2, 0.25) is 0 Å². The Labute approximate surface area is 127 Å². The molecular formula is C15H17N3O2S. The number of hydrogen-bond donors (Lipinski definition) is 2. The van der Waals surface area contributed by atoms with Crippen molar-refractivity contribution in [2.24, 2.45) is 5.84 Å². The monoisotopic (exact) mass is 303 g/mol. The van der Waals surface area contributed by atoms with Gasteiger partial charge in [-0.3, -0.25) is 0 Å². The number of pyridine rings is 1. The molecule has 0 saturated heterocycles. The molecule has 1 aromatic carbocycles. The highest BCUT2D eigenvalue weighted by Crippen LogP contribution is 2.34. The Hall–Kier alpha value is -1.92. The quantitative estimate of drug-likeness (QED) is 0.514. The number of anilines is 1. The third-order valence-electron chi connectivity index (χ3n) is 3.10. The van der Waals surface area contributed by atoms with Crippen molar-refractivity contribution in [3.63, 3.8) is 0 Å². The van der Waals surface area contributed by atoms with E-state index in [1.165, 1.54) is 0 Å². The molecule has 2 aromatic rings. The standard InChI is InChI=1S/C15H17N3O2S/c16-18-15-5-2-11(9-17-15)10-21-12-3-4-13-14(8-12)20-7-1-6-19-13/h2-5,8-9H,1,6-7,10,16H2,(H,17,18). The molecule has 3 N–H and O–H groups in total. The van der Waals surface area contributed by atoms with E-state index in [4.69, 9.17) is 15.3 Å². The minimum atomic E-state index is 0.666. The molecule has 1 aliphatic heterocycles. The first kappa shape index (κ1) is 14.0. The van der Waals surface area contributed by atoms with Gasteiger partial charge in [-0.15, -0.1) is 11.8 Å². The summed E-state index contributed by atoms with van der Waals surface area (Å²) in [7, 11) is 0. The number of thioether (sulfide) groups is 1. The Bertz CT molecular complexity index is 604. The molecule has 21 heavy (non-hydrogen) atoms. The Morgan fingerprint density at radius 1 is 1.14 bits per heavy atom. The molecule has 2 heterocycles. The van der Waals surface area contributed by atoms with Gasteiger partial charge >= 0.3 is 0 Å². The molecule has 1 aliphatic rings. The van der Waals surface area contributed by atoms with E-state index in [9.17, 15) is 0 Å². The first-order valence-electron chi connectivity index (χ1n) is 6.79. The van der Waals surface area contributed by atoms with Crippen LogP contribution in [0.5, 0.6) is 11.5 Å². The van der Waals surface area contributed by atoms with Gasteiger partial charge < -0.3 is 14.9 Å². The van der Waals surface area contributed by atoms with Crippen LogP contribution in [0.25, 0.3) is 0 Å². The molecule has 0 aliphatic carbocycles. The number of ether oxygens (including phenoxy) is 2. The van der Waals surface area contributed by atoms with Crippen molar-refractivity contribution in [3.05, 3.63) is 42.1 Å². The highest BCUT2D eigenvalue weighted by atomic mass is 32.2. The van der Waals surface area contributed by atoms with Crippen LogP contribution < -0.4 is 20.7 Å². The van der Waals surface area contributed by atoms with Crippen molar-refractivity contribution in [2.75, 3.05) is 18.6 Å². The molecule has 0 unspecified atom stereocenters. The second-order valence-corrected chi connectivity index (χ2v) is 5.69. The van der Waals surface area contributed by atoms with Crippen LogP contribution in [0.4, 0.5) is 5.82 Å². The van der Waals surface area contributed by atoms with E-state index in [2.05, 4.69) is 16.5 Å². The topological polar surface area (TPSA) is 69.4 Å². The summed E-state index contributed by atoms with van der Waals surface area (Å²) in [6, 6.07) is 9.95.